The molecule has 176 valence electrons. The van der Waals surface area contributed by atoms with Crippen LogP contribution in [-0.4, -0.2) is 11.2 Å². The van der Waals surface area contributed by atoms with Crippen LogP contribution in [0.4, 0.5) is 0 Å². The van der Waals surface area contributed by atoms with Crippen LogP contribution in [0.25, 0.3) is 0 Å². The third kappa shape index (κ3) is 2.77. The van der Waals surface area contributed by atoms with Crippen LogP contribution in [-0.2, 0) is 0 Å². The minimum atomic E-state index is -0.0409. The smallest absolute Gasteiger partial charge is 0.0568 e. The zero-order valence-corrected chi connectivity index (χ0v) is 21.5. The van der Waals surface area contributed by atoms with E-state index in [-0.39, 0.29) is 6.10 Å². The molecule has 0 aromatic heterocycles. The minimum absolute atomic E-state index is 0.0409. The number of aliphatic hydroxyl groups excluding tert-OH is 1. The van der Waals surface area contributed by atoms with E-state index in [0.29, 0.717) is 33.5 Å². The zero-order valence-electron chi connectivity index (χ0n) is 21.5. The highest BCUT2D eigenvalue weighted by Crippen LogP contribution is 2.88. The van der Waals surface area contributed by atoms with E-state index in [2.05, 4.69) is 41.5 Å². The first-order chi connectivity index (χ1) is 14.5. The highest BCUT2D eigenvalue weighted by atomic mass is 16.3. The summed E-state index contributed by atoms with van der Waals surface area (Å²) in [5.41, 5.74) is 3.75. The van der Waals surface area contributed by atoms with Crippen LogP contribution in [0.1, 0.15) is 112 Å². The van der Waals surface area contributed by atoms with E-state index >= 15 is 0 Å². The van der Waals surface area contributed by atoms with Gasteiger partial charge in [-0.05, 0) is 121 Å². The van der Waals surface area contributed by atoms with Crippen LogP contribution >= 0.6 is 0 Å². The Hall–Kier alpha value is -0.300. The van der Waals surface area contributed by atoms with Crippen molar-refractivity contribution in [1.29, 1.82) is 0 Å². The lowest BCUT2D eigenvalue weighted by molar-refractivity contribution is -0.136. The van der Waals surface area contributed by atoms with Gasteiger partial charge in [0.15, 0.2) is 0 Å². The van der Waals surface area contributed by atoms with Crippen LogP contribution < -0.4 is 0 Å². The number of hydrogen-bond acceptors (Lipinski definition) is 1. The van der Waals surface area contributed by atoms with Gasteiger partial charge in [-0.25, -0.2) is 0 Å². The average Bonchev–Trinajstić information content (AvgIpc) is 3.31. The van der Waals surface area contributed by atoms with Gasteiger partial charge >= 0.3 is 0 Å². The van der Waals surface area contributed by atoms with Gasteiger partial charge in [0.1, 0.15) is 0 Å². The lowest BCUT2D eigenvalue weighted by atomic mass is 9.43. The Bertz CT molecular complexity index is 739. The van der Waals surface area contributed by atoms with Crippen molar-refractivity contribution in [3.8, 4) is 0 Å². The van der Waals surface area contributed by atoms with Crippen molar-refractivity contribution in [1.82, 2.24) is 0 Å². The predicted octanol–water partition coefficient (Wildman–Crippen LogP) is 8.02. The van der Waals surface area contributed by atoms with Crippen LogP contribution in [0.15, 0.2) is 12.2 Å². The average molecular weight is 427 g/mol. The molecular formula is C30H50O. The maximum absolute atomic E-state index is 10.6. The molecule has 5 aliphatic carbocycles. The normalized spacial score (nSPS) is 53.9. The highest BCUT2D eigenvalue weighted by Gasteiger charge is 2.81. The molecule has 2 spiro atoms. The largest absolute Gasteiger partial charge is 0.393 e. The maximum Gasteiger partial charge on any atom is 0.0568 e. The monoisotopic (exact) mass is 426 g/mol. The Morgan fingerprint density at radius 3 is 2.35 bits per heavy atom. The minimum Gasteiger partial charge on any atom is -0.393 e. The molecule has 0 heterocycles. The predicted molar refractivity (Wildman–Crippen MR) is 131 cm³/mol. The molecule has 0 aromatic rings. The molecule has 0 amide bonds. The summed E-state index contributed by atoms with van der Waals surface area (Å²) in [5.74, 6) is 4.44. The van der Waals surface area contributed by atoms with Gasteiger partial charge in [0.25, 0.3) is 0 Å². The molecule has 5 rings (SSSR count). The first-order valence-electron chi connectivity index (χ1n) is 13.9. The molecule has 5 aliphatic rings. The summed E-state index contributed by atoms with van der Waals surface area (Å²) >= 11 is 0. The van der Waals surface area contributed by atoms with E-state index in [1.54, 1.807) is 5.57 Å². The highest BCUT2D eigenvalue weighted by molar-refractivity contribution is 5.31. The van der Waals surface area contributed by atoms with Crippen molar-refractivity contribution in [2.75, 3.05) is 0 Å². The first kappa shape index (κ1) is 22.5. The van der Waals surface area contributed by atoms with Gasteiger partial charge in [0.2, 0.25) is 0 Å². The Labute approximate surface area is 192 Å². The van der Waals surface area contributed by atoms with Crippen molar-refractivity contribution in [2.45, 2.75) is 118 Å². The molecule has 1 nitrogen and oxygen atoms in total. The molecule has 5 fully saturated rings. The van der Waals surface area contributed by atoms with Crippen molar-refractivity contribution in [3.05, 3.63) is 12.2 Å². The van der Waals surface area contributed by atoms with Crippen molar-refractivity contribution in [2.24, 2.45) is 57.2 Å². The number of allylic oxidation sites excluding steroid dienone is 1. The molecule has 1 heteroatoms. The van der Waals surface area contributed by atoms with Gasteiger partial charge in [0.05, 0.1) is 6.10 Å². The van der Waals surface area contributed by atoms with E-state index in [1.807, 2.05) is 0 Å². The van der Waals surface area contributed by atoms with Crippen LogP contribution in [0.2, 0.25) is 0 Å². The van der Waals surface area contributed by atoms with E-state index in [4.69, 9.17) is 6.58 Å². The second-order valence-corrected chi connectivity index (χ2v) is 14.1. The molecular weight excluding hydrogens is 376 g/mol. The van der Waals surface area contributed by atoms with Crippen LogP contribution in [0.3, 0.4) is 0 Å². The van der Waals surface area contributed by atoms with Crippen LogP contribution in [0.5, 0.6) is 0 Å². The summed E-state index contributed by atoms with van der Waals surface area (Å²) in [5, 5.41) is 10.6. The van der Waals surface area contributed by atoms with E-state index in [1.165, 1.54) is 64.2 Å². The molecule has 0 radical (unpaired) electrons. The number of aliphatic hydroxyl groups is 1. The molecule has 0 aliphatic heterocycles. The zero-order chi connectivity index (χ0) is 22.4. The summed E-state index contributed by atoms with van der Waals surface area (Å²) in [6.07, 6.45) is 15.0. The Balaban J connectivity index is 1.40. The first-order valence-corrected chi connectivity index (χ1v) is 13.9. The standard InChI is InChI=1S/C30H50O/c1-19(2)8-9-20(3)21(4)23-12-14-28(7)26-11-10-24-22(5)25(31)13-15-29(24)18-30(26,29)17-16-27(23,28)6/h19-20,22-26,31H,4,8-18H2,1-3,5-7H3/t20-,22+,23-,24-,25+,26+,27-,28+,29-,30+/m1/s1. The third-order valence-corrected chi connectivity index (χ3v) is 12.9. The van der Waals surface area contributed by atoms with Gasteiger partial charge in [-0.1, -0.05) is 60.1 Å². The van der Waals surface area contributed by atoms with Crippen molar-refractivity contribution < 1.29 is 5.11 Å². The molecule has 31 heavy (non-hydrogen) atoms. The van der Waals surface area contributed by atoms with Crippen molar-refractivity contribution >= 4 is 0 Å². The summed E-state index contributed by atoms with van der Waals surface area (Å²) in [6, 6.07) is 0. The summed E-state index contributed by atoms with van der Waals surface area (Å²) in [6.45, 7) is 19.7. The molecule has 1 N–H and O–H groups in total. The lowest BCUT2D eigenvalue weighted by Gasteiger charge is -2.62. The maximum atomic E-state index is 10.6. The van der Waals surface area contributed by atoms with E-state index in [0.717, 1.165) is 30.1 Å². The topological polar surface area (TPSA) is 20.2 Å². The second kappa shape index (κ2) is 7.10. The Morgan fingerprint density at radius 2 is 1.65 bits per heavy atom. The van der Waals surface area contributed by atoms with Gasteiger partial charge < -0.3 is 5.11 Å². The fourth-order valence-electron chi connectivity index (χ4n) is 10.7. The second-order valence-electron chi connectivity index (χ2n) is 14.1. The quantitative estimate of drug-likeness (QED) is 0.441. The lowest BCUT2D eigenvalue weighted by Crippen LogP contribution is -2.55. The molecule has 10 atom stereocenters. The summed E-state index contributed by atoms with van der Waals surface area (Å²) in [4.78, 5) is 0. The van der Waals surface area contributed by atoms with Gasteiger partial charge in [0, 0.05) is 0 Å². The fraction of sp³-hybridized carbons (Fsp3) is 0.933. The Kier molecular flexibility index (Phi) is 5.15. The van der Waals surface area contributed by atoms with Crippen molar-refractivity contribution in [3.63, 3.8) is 0 Å². The SMILES string of the molecule is C=C([C@H](C)CCC(C)C)[C@H]1CC[C@@]2(C)[C@@H]3CC[C@@H]4[C@H](C)[C@@H](O)CC[C@@]45C[C@@]35CC[C@]12C. The van der Waals surface area contributed by atoms with Gasteiger partial charge in [-0.15, -0.1) is 0 Å². The van der Waals surface area contributed by atoms with Gasteiger partial charge in [-0.3, -0.25) is 0 Å². The molecule has 0 bridgehead atoms. The summed E-state index contributed by atoms with van der Waals surface area (Å²) in [7, 11) is 0. The Morgan fingerprint density at radius 1 is 0.903 bits per heavy atom. The molecule has 0 unspecified atom stereocenters. The molecule has 0 saturated heterocycles. The van der Waals surface area contributed by atoms with E-state index < -0.39 is 0 Å². The molecule has 0 aromatic carbocycles. The third-order valence-electron chi connectivity index (χ3n) is 12.9. The fourth-order valence-corrected chi connectivity index (χ4v) is 10.7. The van der Waals surface area contributed by atoms with E-state index in [9.17, 15) is 5.11 Å². The number of rotatable bonds is 5. The van der Waals surface area contributed by atoms with Gasteiger partial charge in [-0.2, -0.15) is 0 Å². The number of hydrogen-bond donors (Lipinski definition) is 1. The van der Waals surface area contributed by atoms with Crippen LogP contribution in [0, 0.1) is 57.2 Å². The molecule has 5 saturated carbocycles. The number of fused-ring (bicyclic) bond motifs is 2. The summed E-state index contributed by atoms with van der Waals surface area (Å²) < 4.78 is 0.